The lowest BCUT2D eigenvalue weighted by atomic mass is 10.0. The van der Waals surface area contributed by atoms with Gasteiger partial charge in [0.2, 0.25) is 0 Å². The molecule has 1 aliphatic carbocycles. The number of nitrogens with one attached hydrogen (secondary N) is 1. The molecule has 0 aliphatic heterocycles. The van der Waals surface area contributed by atoms with E-state index in [1.54, 1.807) is 0 Å². The third kappa shape index (κ3) is 4.52. The van der Waals surface area contributed by atoms with Gasteiger partial charge in [-0.3, -0.25) is 9.00 Å². The summed E-state index contributed by atoms with van der Waals surface area (Å²) in [4.78, 5) is 12.8. The minimum absolute atomic E-state index is 0.0921. The van der Waals surface area contributed by atoms with Crippen LogP contribution in [0.2, 0.25) is 0 Å². The smallest absolute Gasteiger partial charge is 0.265 e. The fraction of sp³-hybridized carbons (Fsp3) is 0.389. The van der Waals surface area contributed by atoms with E-state index in [0.29, 0.717) is 15.9 Å². The summed E-state index contributed by atoms with van der Waals surface area (Å²) in [7, 11) is -0.819. The molecule has 23 heavy (non-hydrogen) atoms. The van der Waals surface area contributed by atoms with Crippen molar-refractivity contribution in [2.75, 3.05) is 5.32 Å². The molecule has 1 fully saturated rings. The highest BCUT2D eigenvalue weighted by Gasteiger charge is 2.20. The van der Waals surface area contributed by atoms with Crippen molar-refractivity contribution in [1.82, 2.24) is 0 Å². The lowest BCUT2D eigenvalue weighted by molar-refractivity contribution is 0.103. The first-order valence-electron chi connectivity index (χ1n) is 8.03. The van der Waals surface area contributed by atoms with Gasteiger partial charge in [-0.15, -0.1) is 11.3 Å². The highest BCUT2D eigenvalue weighted by Crippen LogP contribution is 2.24. The van der Waals surface area contributed by atoms with Gasteiger partial charge in [-0.25, -0.2) is 0 Å². The summed E-state index contributed by atoms with van der Waals surface area (Å²) in [6, 6.07) is 11.4. The highest BCUT2D eigenvalue weighted by atomic mass is 32.2. The predicted octanol–water partition coefficient (Wildman–Crippen LogP) is 4.58. The number of rotatable bonds is 5. The highest BCUT2D eigenvalue weighted by molar-refractivity contribution is 7.84. The molecule has 3 nitrogen and oxygen atoms in total. The van der Waals surface area contributed by atoms with E-state index in [1.807, 2.05) is 41.8 Å². The van der Waals surface area contributed by atoms with Crippen LogP contribution < -0.4 is 5.32 Å². The summed E-state index contributed by atoms with van der Waals surface area (Å²) < 4.78 is 12.5. The Morgan fingerprint density at radius 2 is 2.00 bits per heavy atom. The molecule has 0 bridgehead atoms. The second-order valence-electron chi connectivity index (χ2n) is 5.92. The molecule has 1 aliphatic rings. The van der Waals surface area contributed by atoms with Gasteiger partial charge in [0, 0.05) is 27.5 Å². The molecule has 0 radical (unpaired) electrons. The molecule has 0 spiro atoms. The van der Waals surface area contributed by atoms with Crippen LogP contribution in [0.5, 0.6) is 0 Å². The zero-order valence-electron chi connectivity index (χ0n) is 13.0. The third-order valence-electron chi connectivity index (χ3n) is 4.16. The van der Waals surface area contributed by atoms with Crippen molar-refractivity contribution in [3.63, 3.8) is 0 Å². The molecule has 1 amide bonds. The number of anilines is 1. The number of carbonyl (C=O) groups excluding carboxylic acids is 1. The number of hydrogen-bond acceptors (Lipinski definition) is 3. The van der Waals surface area contributed by atoms with Crippen LogP contribution in [0.25, 0.3) is 0 Å². The van der Waals surface area contributed by atoms with Gasteiger partial charge in [-0.1, -0.05) is 37.5 Å². The Hall–Kier alpha value is -1.46. The Morgan fingerprint density at radius 1 is 1.17 bits per heavy atom. The molecule has 1 aromatic carbocycles. The van der Waals surface area contributed by atoms with Gasteiger partial charge in [-0.05, 0) is 42.0 Å². The largest absolute Gasteiger partial charge is 0.321 e. The quantitative estimate of drug-likeness (QED) is 0.860. The maximum Gasteiger partial charge on any atom is 0.265 e. The van der Waals surface area contributed by atoms with Crippen molar-refractivity contribution in [3.05, 3.63) is 52.2 Å². The molecular weight excluding hydrogens is 326 g/mol. The van der Waals surface area contributed by atoms with Crippen molar-refractivity contribution in [2.24, 2.45) is 0 Å². The molecule has 1 heterocycles. The second-order valence-corrected chi connectivity index (χ2v) is 8.58. The van der Waals surface area contributed by atoms with Crippen LogP contribution in [0.15, 0.2) is 41.8 Å². The normalized spacial score (nSPS) is 16.9. The van der Waals surface area contributed by atoms with Crippen LogP contribution >= 0.6 is 11.3 Å². The lowest BCUT2D eigenvalue weighted by Gasteiger charge is -2.21. The average Bonchev–Trinajstić information content (AvgIpc) is 3.10. The minimum Gasteiger partial charge on any atom is -0.321 e. The molecule has 0 saturated heterocycles. The number of benzene rings is 1. The van der Waals surface area contributed by atoms with E-state index >= 15 is 0 Å². The first kappa shape index (κ1) is 16.4. The molecule has 122 valence electrons. The van der Waals surface area contributed by atoms with E-state index in [4.69, 9.17) is 0 Å². The maximum absolute atomic E-state index is 12.5. The van der Waals surface area contributed by atoms with Crippen molar-refractivity contribution in [3.8, 4) is 0 Å². The number of thiophene rings is 1. The molecular formula is C18H21NO2S2. The fourth-order valence-electron chi connectivity index (χ4n) is 2.95. The maximum atomic E-state index is 12.5. The Labute approximate surface area is 143 Å². The van der Waals surface area contributed by atoms with E-state index in [2.05, 4.69) is 5.32 Å². The van der Waals surface area contributed by atoms with E-state index < -0.39 is 10.8 Å². The van der Waals surface area contributed by atoms with Crippen LogP contribution in [-0.4, -0.2) is 15.4 Å². The summed E-state index contributed by atoms with van der Waals surface area (Å²) in [5, 5.41) is 5.14. The molecule has 5 heteroatoms. The summed E-state index contributed by atoms with van der Waals surface area (Å²) in [5.74, 6) is 0.485. The van der Waals surface area contributed by atoms with E-state index in [0.717, 1.165) is 24.1 Å². The first-order valence-corrected chi connectivity index (χ1v) is 10.3. The van der Waals surface area contributed by atoms with Crippen molar-refractivity contribution >= 4 is 33.7 Å². The van der Waals surface area contributed by atoms with Gasteiger partial charge < -0.3 is 5.32 Å². The molecule has 1 atom stereocenters. The van der Waals surface area contributed by atoms with E-state index in [1.165, 1.54) is 30.6 Å². The zero-order chi connectivity index (χ0) is 16.1. The van der Waals surface area contributed by atoms with Crippen molar-refractivity contribution < 1.29 is 9.00 Å². The summed E-state index contributed by atoms with van der Waals surface area (Å²) in [6.07, 6.45) is 5.85. The lowest BCUT2D eigenvalue weighted by Crippen LogP contribution is -2.19. The van der Waals surface area contributed by atoms with Crippen LogP contribution in [0, 0.1) is 0 Å². The van der Waals surface area contributed by atoms with Crippen LogP contribution in [0.3, 0.4) is 0 Å². The van der Waals surface area contributed by atoms with Gasteiger partial charge in [0.25, 0.3) is 5.91 Å². The van der Waals surface area contributed by atoms with Gasteiger partial charge in [0.15, 0.2) is 0 Å². The van der Waals surface area contributed by atoms with Gasteiger partial charge in [0.05, 0.1) is 4.88 Å². The van der Waals surface area contributed by atoms with Gasteiger partial charge in [-0.2, -0.15) is 0 Å². The Kier molecular flexibility index (Phi) is 5.62. The minimum atomic E-state index is -0.819. The van der Waals surface area contributed by atoms with Crippen LogP contribution in [0.4, 0.5) is 5.69 Å². The van der Waals surface area contributed by atoms with Gasteiger partial charge in [0.1, 0.15) is 0 Å². The summed E-state index contributed by atoms with van der Waals surface area (Å²) >= 11 is 1.42. The molecule has 0 unspecified atom stereocenters. The Morgan fingerprint density at radius 3 is 2.74 bits per heavy atom. The molecule has 2 aromatic rings. The monoisotopic (exact) mass is 347 g/mol. The molecule has 1 saturated carbocycles. The predicted molar refractivity (Wildman–Crippen MR) is 97.4 cm³/mol. The second kappa shape index (κ2) is 7.88. The van der Waals surface area contributed by atoms with Crippen molar-refractivity contribution in [2.45, 2.75) is 43.1 Å². The molecule has 1 N–H and O–H groups in total. The van der Waals surface area contributed by atoms with Crippen LogP contribution in [-0.2, 0) is 16.6 Å². The zero-order valence-corrected chi connectivity index (χ0v) is 14.6. The van der Waals surface area contributed by atoms with E-state index in [-0.39, 0.29) is 5.91 Å². The SMILES string of the molecule is O=C(Nc1cccc(C[S@](=O)C2CCCCC2)c1)c1cccs1. The third-order valence-corrected chi connectivity index (χ3v) is 6.86. The first-order chi connectivity index (χ1) is 11.2. The standard InChI is InChI=1S/C18H21NO2S2/c20-18(17-10-5-11-22-17)19-15-7-4-6-14(12-15)13-23(21)16-8-2-1-3-9-16/h4-7,10-12,16H,1-3,8-9,13H2,(H,19,20)/t23-/m0/s1. The topological polar surface area (TPSA) is 46.2 Å². The number of amides is 1. The molecule has 3 rings (SSSR count). The molecule has 1 aromatic heterocycles. The average molecular weight is 348 g/mol. The summed E-state index contributed by atoms with van der Waals surface area (Å²) in [6.45, 7) is 0. The Balaban J connectivity index is 1.62. The fourth-order valence-corrected chi connectivity index (χ4v) is 5.17. The van der Waals surface area contributed by atoms with Crippen molar-refractivity contribution in [1.29, 1.82) is 0 Å². The number of hydrogen-bond donors (Lipinski definition) is 1. The van der Waals surface area contributed by atoms with Crippen LogP contribution in [0.1, 0.15) is 47.3 Å². The van der Waals surface area contributed by atoms with E-state index in [9.17, 15) is 9.00 Å². The van der Waals surface area contributed by atoms with Gasteiger partial charge >= 0.3 is 0 Å². The number of carbonyl (C=O) groups is 1. The summed E-state index contributed by atoms with van der Waals surface area (Å²) in [5.41, 5.74) is 1.79. The Bertz CT molecular complexity index is 676.